The van der Waals surface area contributed by atoms with E-state index in [9.17, 15) is 0 Å². The third-order valence-corrected chi connectivity index (χ3v) is 5.68. The number of nitrogens with one attached hydrogen (secondary N) is 1. The van der Waals surface area contributed by atoms with Crippen LogP contribution in [-0.2, 0) is 13.2 Å². The largest absolute Gasteiger partial charge is 0.489 e. The van der Waals surface area contributed by atoms with E-state index >= 15 is 0 Å². The molecule has 2 saturated heterocycles. The quantitative estimate of drug-likeness (QED) is 0.773. The highest BCUT2D eigenvalue weighted by atomic mass is 35.5. The number of piperazine rings is 1. The lowest BCUT2D eigenvalue weighted by molar-refractivity contribution is 0.170. The first-order valence-corrected chi connectivity index (χ1v) is 10.1. The molecule has 152 valence electrons. The summed E-state index contributed by atoms with van der Waals surface area (Å²) in [6.45, 7) is 8.19. The molecular formula is C21H28Cl2N4O. The SMILES string of the molecule is Cl.Clc1ccc(OCc2cccnc2)c(CN2CCC(N3CCNCC3)C2)c1. The summed E-state index contributed by atoms with van der Waals surface area (Å²) in [5.74, 6) is 0.911. The Kier molecular flexibility index (Phi) is 7.94. The monoisotopic (exact) mass is 422 g/mol. The molecule has 0 bridgehead atoms. The molecule has 2 aliphatic rings. The Bertz CT molecular complexity index is 740. The lowest BCUT2D eigenvalue weighted by Gasteiger charge is -2.32. The van der Waals surface area contributed by atoms with Crippen molar-refractivity contribution in [3.8, 4) is 5.75 Å². The Morgan fingerprint density at radius 1 is 1.18 bits per heavy atom. The van der Waals surface area contributed by atoms with Crippen molar-refractivity contribution in [2.24, 2.45) is 0 Å². The number of hydrogen-bond acceptors (Lipinski definition) is 5. The van der Waals surface area contributed by atoms with E-state index in [0.29, 0.717) is 12.6 Å². The molecule has 2 aliphatic heterocycles. The number of likely N-dealkylation sites (tertiary alicyclic amines) is 1. The Labute approximate surface area is 178 Å². The van der Waals surface area contributed by atoms with Crippen molar-refractivity contribution in [1.29, 1.82) is 0 Å². The first kappa shape index (κ1) is 21.3. The fraction of sp³-hybridized carbons (Fsp3) is 0.476. The van der Waals surface area contributed by atoms with Gasteiger partial charge in [-0.15, -0.1) is 12.4 Å². The van der Waals surface area contributed by atoms with Gasteiger partial charge in [-0.1, -0.05) is 17.7 Å². The number of ether oxygens (including phenoxy) is 1. The van der Waals surface area contributed by atoms with Crippen LogP contribution in [0.25, 0.3) is 0 Å². The van der Waals surface area contributed by atoms with Crippen molar-refractivity contribution >= 4 is 24.0 Å². The highest BCUT2D eigenvalue weighted by molar-refractivity contribution is 6.30. The van der Waals surface area contributed by atoms with Gasteiger partial charge in [0.05, 0.1) is 0 Å². The second kappa shape index (κ2) is 10.4. The van der Waals surface area contributed by atoms with Gasteiger partial charge < -0.3 is 10.1 Å². The Balaban J connectivity index is 0.00000225. The molecule has 5 nitrogen and oxygen atoms in total. The molecule has 1 aromatic carbocycles. The molecule has 7 heteroatoms. The van der Waals surface area contributed by atoms with Crippen molar-refractivity contribution in [2.45, 2.75) is 25.6 Å². The summed E-state index contributed by atoms with van der Waals surface area (Å²) < 4.78 is 6.09. The normalized spacial score (nSPS) is 20.7. The number of aromatic nitrogens is 1. The van der Waals surface area contributed by atoms with Crippen molar-refractivity contribution in [3.63, 3.8) is 0 Å². The summed E-state index contributed by atoms with van der Waals surface area (Å²) in [5, 5.41) is 4.20. The number of pyridine rings is 1. The summed E-state index contributed by atoms with van der Waals surface area (Å²) in [5.41, 5.74) is 2.23. The zero-order chi connectivity index (χ0) is 18.5. The van der Waals surface area contributed by atoms with Gasteiger partial charge in [0, 0.05) is 80.4 Å². The summed E-state index contributed by atoms with van der Waals surface area (Å²) in [7, 11) is 0. The summed E-state index contributed by atoms with van der Waals surface area (Å²) >= 11 is 6.27. The van der Waals surface area contributed by atoms with E-state index in [1.165, 1.54) is 6.42 Å². The molecule has 1 aromatic heterocycles. The van der Waals surface area contributed by atoms with Gasteiger partial charge in [0.15, 0.2) is 0 Å². The fourth-order valence-corrected chi connectivity index (χ4v) is 4.19. The van der Waals surface area contributed by atoms with Crippen LogP contribution >= 0.6 is 24.0 Å². The third kappa shape index (κ3) is 5.58. The minimum Gasteiger partial charge on any atom is -0.489 e. The number of nitrogens with zero attached hydrogens (tertiary/aromatic N) is 3. The Morgan fingerprint density at radius 3 is 2.82 bits per heavy atom. The van der Waals surface area contributed by atoms with Crippen LogP contribution in [0, 0.1) is 0 Å². The maximum absolute atomic E-state index is 6.27. The average Bonchev–Trinajstić information content (AvgIpc) is 3.17. The minimum atomic E-state index is 0. The zero-order valence-corrected chi connectivity index (χ0v) is 17.6. The number of rotatable bonds is 6. The van der Waals surface area contributed by atoms with Crippen LogP contribution in [0.2, 0.25) is 5.02 Å². The Morgan fingerprint density at radius 2 is 2.04 bits per heavy atom. The predicted molar refractivity (Wildman–Crippen MR) is 115 cm³/mol. The average molecular weight is 423 g/mol. The highest BCUT2D eigenvalue weighted by Crippen LogP contribution is 2.27. The van der Waals surface area contributed by atoms with E-state index in [-0.39, 0.29) is 12.4 Å². The lowest BCUT2D eigenvalue weighted by Crippen LogP contribution is -2.49. The fourth-order valence-electron chi connectivity index (χ4n) is 4.00. The first-order valence-electron chi connectivity index (χ1n) is 9.75. The Hall–Kier alpha value is -1.37. The van der Waals surface area contributed by atoms with Crippen molar-refractivity contribution < 1.29 is 4.74 Å². The van der Waals surface area contributed by atoms with Gasteiger partial charge in [0.25, 0.3) is 0 Å². The van der Waals surface area contributed by atoms with Gasteiger partial charge in [-0.2, -0.15) is 0 Å². The molecule has 0 spiro atoms. The standard InChI is InChI=1S/C21H27ClN4O.ClH/c22-19-3-4-21(27-16-17-2-1-6-24-13-17)18(12-19)14-25-9-5-20(15-25)26-10-7-23-8-11-26;/h1-4,6,12-13,20,23H,5,7-11,14-16H2;1H. The molecule has 2 aromatic rings. The van der Waals surface area contributed by atoms with E-state index in [4.69, 9.17) is 16.3 Å². The lowest BCUT2D eigenvalue weighted by atomic mass is 10.2. The van der Waals surface area contributed by atoms with Gasteiger partial charge in [0.1, 0.15) is 12.4 Å². The van der Waals surface area contributed by atoms with Gasteiger partial charge in [-0.3, -0.25) is 14.8 Å². The van der Waals surface area contributed by atoms with Gasteiger partial charge in [-0.05, 0) is 30.7 Å². The summed E-state index contributed by atoms with van der Waals surface area (Å²) in [6.07, 6.45) is 4.86. The van der Waals surface area contributed by atoms with E-state index in [2.05, 4.69) is 20.1 Å². The first-order chi connectivity index (χ1) is 13.3. The molecule has 1 atom stereocenters. The zero-order valence-electron chi connectivity index (χ0n) is 16.0. The van der Waals surface area contributed by atoms with Crippen molar-refractivity contribution in [1.82, 2.24) is 20.1 Å². The minimum absolute atomic E-state index is 0. The molecule has 3 heterocycles. The van der Waals surface area contributed by atoms with Crippen molar-refractivity contribution in [3.05, 3.63) is 58.9 Å². The van der Waals surface area contributed by atoms with E-state index in [1.54, 1.807) is 6.20 Å². The number of hydrogen-bond donors (Lipinski definition) is 1. The van der Waals surface area contributed by atoms with Crippen LogP contribution in [0.15, 0.2) is 42.7 Å². The molecule has 1 unspecified atom stereocenters. The molecule has 0 amide bonds. The van der Waals surface area contributed by atoms with Crippen LogP contribution in [0.3, 0.4) is 0 Å². The van der Waals surface area contributed by atoms with Gasteiger partial charge in [-0.25, -0.2) is 0 Å². The second-order valence-electron chi connectivity index (χ2n) is 7.37. The molecule has 0 radical (unpaired) electrons. The predicted octanol–water partition coefficient (Wildman–Crippen LogP) is 3.22. The molecule has 0 aliphatic carbocycles. The van der Waals surface area contributed by atoms with Crippen molar-refractivity contribution in [2.75, 3.05) is 39.3 Å². The second-order valence-corrected chi connectivity index (χ2v) is 7.80. The highest BCUT2D eigenvalue weighted by Gasteiger charge is 2.28. The van der Waals surface area contributed by atoms with E-state index < -0.39 is 0 Å². The maximum Gasteiger partial charge on any atom is 0.124 e. The molecular weight excluding hydrogens is 395 g/mol. The van der Waals surface area contributed by atoms with Crippen LogP contribution in [0.4, 0.5) is 0 Å². The van der Waals surface area contributed by atoms with E-state index in [0.717, 1.165) is 67.7 Å². The van der Waals surface area contributed by atoms with E-state index in [1.807, 2.05) is 36.5 Å². The molecule has 2 fully saturated rings. The third-order valence-electron chi connectivity index (χ3n) is 5.45. The molecule has 28 heavy (non-hydrogen) atoms. The number of halogens is 2. The smallest absolute Gasteiger partial charge is 0.124 e. The topological polar surface area (TPSA) is 40.6 Å². The van der Waals surface area contributed by atoms with Gasteiger partial charge >= 0.3 is 0 Å². The van der Waals surface area contributed by atoms with Crippen LogP contribution in [0.1, 0.15) is 17.5 Å². The number of benzene rings is 1. The summed E-state index contributed by atoms with van der Waals surface area (Å²) in [6, 6.07) is 10.6. The van der Waals surface area contributed by atoms with Crippen LogP contribution in [0.5, 0.6) is 5.75 Å². The van der Waals surface area contributed by atoms with Crippen LogP contribution < -0.4 is 10.1 Å². The van der Waals surface area contributed by atoms with Gasteiger partial charge in [0.2, 0.25) is 0 Å². The summed E-state index contributed by atoms with van der Waals surface area (Å²) in [4.78, 5) is 9.31. The molecule has 1 N–H and O–H groups in total. The van der Waals surface area contributed by atoms with Crippen LogP contribution in [-0.4, -0.2) is 60.1 Å². The molecule has 4 rings (SSSR count). The molecule has 0 saturated carbocycles. The maximum atomic E-state index is 6.27.